The predicted octanol–water partition coefficient (Wildman–Crippen LogP) is 4.10. The fourth-order valence-corrected chi connectivity index (χ4v) is 4.32. The van der Waals surface area contributed by atoms with E-state index >= 15 is 0 Å². The SMILES string of the molecule is Fc1c(Nc2ncnc3ccc(N4C[C@@H]5CC[C@H]4CN5)nc23)ccc(OC(F)F)c1Cl. The van der Waals surface area contributed by atoms with Crippen LogP contribution in [0, 0.1) is 5.82 Å². The summed E-state index contributed by atoms with van der Waals surface area (Å²) in [6.07, 6.45) is 3.59. The number of anilines is 3. The topological polar surface area (TPSA) is 75.2 Å². The van der Waals surface area contributed by atoms with Crippen LogP contribution in [0.15, 0.2) is 30.6 Å². The van der Waals surface area contributed by atoms with Gasteiger partial charge in [-0.25, -0.2) is 19.3 Å². The number of fused-ring (bicyclic) bond motifs is 4. The van der Waals surface area contributed by atoms with Gasteiger partial charge in [-0.3, -0.25) is 0 Å². The number of nitrogens with one attached hydrogen (secondary N) is 2. The summed E-state index contributed by atoms with van der Waals surface area (Å²) >= 11 is 5.86. The number of rotatable bonds is 5. The molecule has 0 aliphatic carbocycles. The molecule has 2 atom stereocenters. The smallest absolute Gasteiger partial charge is 0.387 e. The lowest BCUT2D eigenvalue weighted by Crippen LogP contribution is -2.61. The molecule has 6 rings (SSSR count). The molecule has 5 heterocycles. The maximum absolute atomic E-state index is 14.7. The van der Waals surface area contributed by atoms with Crippen LogP contribution in [0.1, 0.15) is 12.8 Å². The summed E-state index contributed by atoms with van der Waals surface area (Å²) in [5.74, 6) is -0.283. The first-order valence-corrected chi connectivity index (χ1v) is 10.2. The molecule has 2 bridgehead atoms. The van der Waals surface area contributed by atoms with Crippen LogP contribution in [0.3, 0.4) is 0 Å². The van der Waals surface area contributed by atoms with E-state index in [1.54, 1.807) is 0 Å². The molecule has 0 radical (unpaired) electrons. The fourth-order valence-electron chi connectivity index (χ4n) is 4.11. The van der Waals surface area contributed by atoms with Gasteiger partial charge < -0.3 is 20.3 Å². The summed E-state index contributed by atoms with van der Waals surface area (Å²) in [4.78, 5) is 15.5. The van der Waals surface area contributed by atoms with E-state index < -0.39 is 23.2 Å². The largest absolute Gasteiger partial charge is 0.433 e. The Balaban J connectivity index is 1.48. The average Bonchev–Trinajstić information content (AvgIpc) is 2.79. The molecule has 7 nitrogen and oxygen atoms in total. The van der Waals surface area contributed by atoms with Crippen LogP contribution in [0.2, 0.25) is 5.02 Å². The van der Waals surface area contributed by atoms with E-state index in [9.17, 15) is 13.2 Å². The molecular weight excluding hydrogens is 433 g/mol. The molecule has 11 heteroatoms. The molecule has 0 spiro atoms. The molecule has 0 saturated carbocycles. The van der Waals surface area contributed by atoms with Gasteiger partial charge in [0.15, 0.2) is 11.6 Å². The molecular formula is C20H18ClF3N6O. The molecule has 0 amide bonds. The number of ether oxygens (including phenoxy) is 1. The molecule has 3 aromatic rings. The highest BCUT2D eigenvalue weighted by Crippen LogP contribution is 2.35. The van der Waals surface area contributed by atoms with Crippen molar-refractivity contribution in [1.29, 1.82) is 0 Å². The Morgan fingerprint density at radius 1 is 1.19 bits per heavy atom. The standard InChI is InChI=1S/C20H18ClF3N6O/c21-16-14(31-20(23)24)5-3-12(17(16)22)28-19-18-13(26-9-27-19)4-6-15(29-18)30-8-10-1-2-11(30)7-25-10/h3-6,9-11,20,25H,1-2,7-8H2,(H,26,27,28)/t10-,11-/m0/s1. The van der Waals surface area contributed by atoms with Crippen LogP contribution in [0.5, 0.6) is 5.75 Å². The molecule has 3 aliphatic rings. The van der Waals surface area contributed by atoms with Crippen molar-refractivity contribution < 1.29 is 17.9 Å². The number of piperidine rings is 2. The van der Waals surface area contributed by atoms with Crippen molar-refractivity contribution in [2.75, 3.05) is 23.3 Å². The quantitative estimate of drug-likeness (QED) is 0.606. The van der Waals surface area contributed by atoms with Crippen LogP contribution in [-0.2, 0) is 0 Å². The number of pyridine rings is 1. The van der Waals surface area contributed by atoms with Gasteiger partial charge in [0.1, 0.15) is 28.4 Å². The maximum atomic E-state index is 14.7. The number of benzene rings is 1. The highest BCUT2D eigenvalue weighted by Gasteiger charge is 2.34. The second-order valence-electron chi connectivity index (χ2n) is 7.49. The molecule has 31 heavy (non-hydrogen) atoms. The van der Waals surface area contributed by atoms with Gasteiger partial charge in [0.05, 0.1) is 11.2 Å². The second kappa shape index (κ2) is 8.01. The zero-order valence-electron chi connectivity index (χ0n) is 16.2. The molecule has 162 valence electrons. The summed E-state index contributed by atoms with van der Waals surface area (Å²) in [7, 11) is 0. The molecule has 0 unspecified atom stereocenters. The van der Waals surface area contributed by atoms with E-state index in [1.165, 1.54) is 18.5 Å². The van der Waals surface area contributed by atoms with E-state index in [4.69, 9.17) is 16.6 Å². The normalized spacial score (nSPS) is 20.5. The number of nitrogens with zero attached hydrogens (tertiary/aromatic N) is 4. The predicted molar refractivity (Wildman–Crippen MR) is 111 cm³/mol. The molecule has 1 aromatic carbocycles. The Morgan fingerprint density at radius 3 is 2.77 bits per heavy atom. The monoisotopic (exact) mass is 450 g/mol. The van der Waals surface area contributed by atoms with Gasteiger partial charge in [-0.05, 0) is 37.1 Å². The van der Waals surface area contributed by atoms with Crippen molar-refractivity contribution in [1.82, 2.24) is 20.3 Å². The lowest BCUT2D eigenvalue weighted by atomic mass is 9.93. The number of aromatic nitrogens is 3. The second-order valence-corrected chi connectivity index (χ2v) is 7.87. The zero-order valence-corrected chi connectivity index (χ0v) is 16.9. The Bertz CT molecular complexity index is 1130. The molecule has 3 fully saturated rings. The Kier molecular flexibility index (Phi) is 5.19. The minimum atomic E-state index is -3.11. The first-order valence-electron chi connectivity index (χ1n) is 9.81. The summed E-state index contributed by atoms with van der Waals surface area (Å²) in [6, 6.07) is 7.01. The van der Waals surface area contributed by atoms with Crippen LogP contribution in [-0.4, -0.2) is 46.7 Å². The van der Waals surface area contributed by atoms with E-state index in [1.807, 2.05) is 12.1 Å². The van der Waals surface area contributed by atoms with Gasteiger partial charge >= 0.3 is 6.61 Å². The van der Waals surface area contributed by atoms with Crippen LogP contribution in [0.25, 0.3) is 11.0 Å². The molecule has 3 aliphatic heterocycles. The fraction of sp³-hybridized carbons (Fsp3) is 0.350. The Morgan fingerprint density at radius 2 is 2.06 bits per heavy atom. The Labute approximate surface area is 180 Å². The first kappa shape index (κ1) is 20.1. The van der Waals surface area contributed by atoms with Crippen LogP contribution >= 0.6 is 11.6 Å². The van der Waals surface area contributed by atoms with Gasteiger partial charge in [0.2, 0.25) is 0 Å². The van der Waals surface area contributed by atoms with Gasteiger partial charge in [0, 0.05) is 25.2 Å². The van der Waals surface area contributed by atoms with Crippen molar-refractivity contribution >= 4 is 40.0 Å². The lowest BCUT2D eigenvalue weighted by molar-refractivity contribution is -0.0499. The first-order chi connectivity index (χ1) is 15.0. The van der Waals surface area contributed by atoms with Crippen LogP contribution in [0.4, 0.5) is 30.5 Å². The summed E-state index contributed by atoms with van der Waals surface area (Å²) in [5, 5.41) is 5.82. The van der Waals surface area contributed by atoms with E-state index in [0.29, 0.717) is 23.1 Å². The molecule has 2 aromatic heterocycles. The number of hydrogen-bond acceptors (Lipinski definition) is 7. The molecule has 3 saturated heterocycles. The third kappa shape index (κ3) is 3.81. The van der Waals surface area contributed by atoms with E-state index in [-0.39, 0.29) is 11.5 Å². The lowest BCUT2D eigenvalue weighted by Gasteiger charge is -2.46. The number of hydrogen-bond donors (Lipinski definition) is 2. The summed E-state index contributed by atoms with van der Waals surface area (Å²) in [6.45, 7) is -1.32. The van der Waals surface area contributed by atoms with Gasteiger partial charge in [0.25, 0.3) is 0 Å². The minimum Gasteiger partial charge on any atom is -0.433 e. The maximum Gasteiger partial charge on any atom is 0.387 e. The van der Waals surface area contributed by atoms with Crippen LogP contribution < -0.4 is 20.3 Å². The molecule has 2 N–H and O–H groups in total. The van der Waals surface area contributed by atoms with Gasteiger partial charge in [-0.2, -0.15) is 8.78 Å². The van der Waals surface area contributed by atoms with Crippen molar-refractivity contribution in [2.45, 2.75) is 31.5 Å². The highest BCUT2D eigenvalue weighted by molar-refractivity contribution is 6.32. The van der Waals surface area contributed by atoms with Gasteiger partial charge in [-0.1, -0.05) is 11.6 Å². The number of piperazine rings is 1. The van der Waals surface area contributed by atoms with Crippen molar-refractivity contribution in [2.24, 2.45) is 0 Å². The van der Waals surface area contributed by atoms with Crippen molar-refractivity contribution in [3.05, 3.63) is 41.4 Å². The Hall–Kier alpha value is -2.85. The van der Waals surface area contributed by atoms with Gasteiger partial charge in [-0.15, -0.1) is 0 Å². The summed E-state index contributed by atoms with van der Waals surface area (Å²) in [5.41, 5.74) is 1.02. The number of alkyl halides is 2. The van der Waals surface area contributed by atoms with Crippen molar-refractivity contribution in [3.63, 3.8) is 0 Å². The number of halogens is 4. The van der Waals surface area contributed by atoms with E-state index in [2.05, 4.69) is 30.2 Å². The van der Waals surface area contributed by atoms with E-state index in [0.717, 1.165) is 31.7 Å². The zero-order chi connectivity index (χ0) is 21.5. The third-order valence-corrected chi connectivity index (χ3v) is 5.98. The average molecular weight is 451 g/mol. The minimum absolute atomic E-state index is 0.0416. The summed E-state index contributed by atoms with van der Waals surface area (Å²) < 4.78 is 43.8. The highest BCUT2D eigenvalue weighted by atomic mass is 35.5. The van der Waals surface area contributed by atoms with Crippen molar-refractivity contribution in [3.8, 4) is 5.75 Å². The third-order valence-electron chi connectivity index (χ3n) is 5.63.